The van der Waals surface area contributed by atoms with Gasteiger partial charge in [-0.25, -0.2) is 9.78 Å². The Morgan fingerprint density at radius 3 is 2.50 bits per heavy atom. The van der Waals surface area contributed by atoms with E-state index >= 15 is 0 Å². The van der Waals surface area contributed by atoms with Crippen LogP contribution >= 0.6 is 11.3 Å². The average Bonchev–Trinajstić information content (AvgIpc) is 3.41. The van der Waals surface area contributed by atoms with E-state index in [-0.39, 0.29) is 18.4 Å². The molecule has 0 N–H and O–H groups in total. The van der Waals surface area contributed by atoms with Crippen LogP contribution in [0.4, 0.5) is 0 Å². The minimum Gasteiger partial charge on any atom is -0.493 e. The molecule has 0 aliphatic heterocycles. The fraction of sp³-hybridized carbons (Fsp3) is 0.222. The third-order valence-electron chi connectivity index (χ3n) is 3.53. The maximum atomic E-state index is 11.8. The fourth-order valence-electron chi connectivity index (χ4n) is 2.27. The molecular weight excluding hydrogens is 386 g/mol. The predicted molar refractivity (Wildman–Crippen MR) is 100 cm³/mol. The molecule has 2 aromatic heterocycles. The average molecular weight is 403 g/mol. The molecule has 1 aromatic carbocycles. The second-order valence-corrected chi connectivity index (χ2v) is 6.15. The van der Waals surface area contributed by atoms with Gasteiger partial charge in [-0.1, -0.05) is 0 Å². The second-order valence-electron chi connectivity index (χ2n) is 5.23. The van der Waals surface area contributed by atoms with Crippen molar-refractivity contribution in [1.29, 1.82) is 0 Å². The number of thiazole rings is 1. The Bertz CT molecular complexity index is 943. The highest BCUT2D eigenvalue weighted by atomic mass is 32.1. The molecule has 28 heavy (non-hydrogen) atoms. The molecular formula is C18H17N3O6S. The van der Waals surface area contributed by atoms with Crippen molar-refractivity contribution in [2.75, 3.05) is 21.3 Å². The zero-order valence-corrected chi connectivity index (χ0v) is 16.2. The first kappa shape index (κ1) is 19.4. The number of aromatic nitrogens is 3. The van der Waals surface area contributed by atoms with Gasteiger partial charge in [-0.05, 0) is 18.2 Å². The Hall–Kier alpha value is -3.40. The van der Waals surface area contributed by atoms with Gasteiger partial charge in [-0.2, -0.15) is 0 Å². The number of methoxy groups -OCH3 is 3. The Morgan fingerprint density at radius 1 is 1.14 bits per heavy atom. The molecule has 0 aliphatic carbocycles. The van der Waals surface area contributed by atoms with Gasteiger partial charge in [0.05, 0.1) is 21.3 Å². The minimum absolute atomic E-state index is 0.153. The number of rotatable bonds is 8. The van der Waals surface area contributed by atoms with E-state index in [1.54, 1.807) is 24.4 Å². The molecule has 3 aromatic rings. The Labute approximate surface area is 164 Å². The van der Waals surface area contributed by atoms with E-state index in [4.69, 9.17) is 23.4 Å². The Morgan fingerprint density at radius 2 is 1.89 bits per heavy atom. The molecule has 146 valence electrons. The summed E-state index contributed by atoms with van der Waals surface area (Å²) in [7, 11) is 4.54. The first-order valence-electron chi connectivity index (χ1n) is 8.01. The van der Waals surface area contributed by atoms with E-state index in [0.29, 0.717) is 27.8 Å². The van der Waals surface area contributed by atoms with Crippen molar-refractivity contribution in [3.05, 3.63) is 40.7 Å². The van der Waals surface area contributed by atoms with Crippen molar-refractivity contribution in [2.24, 2.45) is 0 Å². The summed E-state index contributed by atoms with van der Waals surface area (Å²) in [5, 5.41) is 10.4. The number of benzene rings is 1. The third kappa shape index (κ3) is 4.46. The molecule has 0 radical (unpaired) electrons. The van der Waals surface area contributed by atoms with Gasteiger partial charge in [0, 0.05) is 23.2 Å². The second kappa shape index (κ2) is 9.00. The van der Waals surface area contributed by atoms with Crippen LogP contribution < -0.4 is 14.2 Å². The van der Waals surface area contributed by atoms with Crippen LogP contribution in [0.2, 0.25) is 0 Å². The lowest BCUT2D eigenvalue weighted by atomic mass is 10.2. The van der Waals surface area contributed by atoms with Gasteiger partial charge in [-0.3, -0.25) is 0 Å². The highest BCUT2D eigenvalue weighted by Gasteiger charge is 2.17. The van der Waals surface area contributed by atoms with E-state index in [0.717, 1.165) is 0 Å². The van der Waals surface area contributed by atoms with Gasteiger partial charge in [0.1, 0.15) is 5.01 Å². The molecule has 0 atom stereocenters. The monoisotopic (exact) mass is 403 g/mol. The highest BCUT2D eigenvalue weighted by Crippen LogP contribution is 2.40. The molecule has 3 rings (SSSR count). The molecule has 0 unspecified atom stereocenters. The van der Waals surface area contributed by atoms with Crippen molar-refractivity contribution in [3.63, 3.8) is 0 Å². The fourth-order valence-corrected chi connectivity index (χ4v) is 2.80. The van der Waals surface area contributed by atoms with Crippen LogP contribution in [0.1, 0.15) is 10.9 Å². The lowest BCUT2D eigenvalue weighted by Crippen LogP contribution is -2.00. The molecule has 2 heterocycles. The highest BCUT2D eigenvalue weighted by molar-refractivity contribution is 7.10. The predicted octanol–water partition coefficient (Wildman–Crippen LogP) is 2.98. The molecule has 10 heteroatoms. The molecule has 0 saturated heterocycles. The molecule has 0 amide bonds. The van der Waals surface area contributed by atoms with Crippen LogP contribution in [0.25, 0.3) is 17.5 Å². The number of carbonyl (C=O) groups is 1. The van der Waals surface area contributed by atoms with Crippen molar-refractivity contribution < 1.29 is 28.2 Å². The van der Waals surface area contributed by atoms with Crippen molar-refractivity contribution in [2.45, 2.75) is 6.61 Å². The lowest BCUT2D eigenvalue weighted by molar-refractivity contribution is -0.139. The quantitative estimate of drug-likeness (QED) is 0.414. The number of carbonyl (C=O) groups excluding carboxylic acids is 1. The zero-order valence-electron chi connectivity index (χ0n) is 15.4. The SMILES string of the molecule is COc1cc(-c2nnc(COC(=O)C=Cc3nccs3)o2)cc(OC)c1OC. The molecule has 0 spiro atoms. The van der Waals surface area contributed by atoms with Crippen molar-refractivity contribution in [3.8, 4) is 28.7 Å². The maximum absolute atomic E-state index is 11.8. The van der Waals surface area contributed by atoms with Crippen LogP contribution in [0.3, 0.4) is 0 Å². The van der Waals surface area contributed by atoms with Crippen LogP contribution in [-0.2, 0) is 16.1 Å². The summed E-state index contributed by atoms with van der Waals surface area (Å²) in [6.07, 6.45) is 4.51. The van der Waals surface area contributed by atoms with Gasteiger partial charge < -0.3 is 23.4 Å². The van der Waals surface area contributed by atoms with Gasteiger partial charge in [0.15, 0.2) is 18.1 Å². The van der Waals surface area contributed by atoms with E-state index in [1.807, 2.05) is 5.38 Å². The van der Waals surface area contributed by atoms with Crippen LogP contribution in [0.5, 0.6) is 17.2 Å². The summed E-state index contributed by atoms with van der Waals surface area (Å²) in [5.41, 5.74) is 0.572. The summed E-state index contributed by atoms with van der Waals surface area (Å²) < 4.78 is 26.5. The van der Waals surface area contributed by atoms with Gasteiger partial charge in [0.2, 0.25) is 11.6 Å². The number of nitrogens with zero attached hydrogens (tertiary/aromatic N) is 3. The van der Waals surface area contributed by atoms with Crippen LogP contribution in [0, 0.1) is 0 Å². The topological polar surface area (TPSA) is 106 Å². The summed E-state index contributed by atoms with van der Waals surface area (Å²) in [4.78, 5) is 15.8. The number of esters is 1. The normalized spacial score (nSPS) is 10.8. The van der Waals surface area contributed by atoms with Gasteiger partial charge >= 0.3 is 5.97 Å². The standard InChI is InChI=1S/C18H17N3O6S/c1-23-12-8-11(9-13(24-2)17(12)25-3)18-21-20-14(27-18)10-26-16(22)5-4-15-19-6-7-28-15/h4-9H,10H2,1-3H3. The summed E-state index contributed by atoms with van der Waals surface area (Å²) in [5.74, 6) is 1.20. The van der Waals surface area contributed by atoms with Crippen molar-refractivity contribution >= 4 is 23.4 Å². The van der Waals surface area contributed by atoms with Gasteiger partial charge in [0.25, 0.3) is 5.89 Å². The summed E-state index contributed by atoms with van der Waals surface area (Å²) >= 11 is 1.41. The lowest BCUT2D eigenvalue weighted by Gasteiger charge is -2.12. The molecule has 0 saturated carbocycles. The molecule has 0 aliphatic rings. The first-order valence-corrected chi connectivity index (χ1v) is 8.89. The third-order valence-corrected chi connectivity index (χ3v) is 4.27. The van der Waals surface area contributed by atoms with Crippen molar-refractivity contribution in [1.82, 2.24) is 15.2 Å². The minimum atomic E-state index is -0.539. The van der Waals surface area contributed by atoms with Crippen LogP contribution in [-0.4, -0.2) is 42.5 Å². The van der Waals surface area contributed by atoms with E-state index in [2.05, 4.69) is 15.2 Å². The Balaban J connectivity index is 1.69. The molecule has 0 bridgehead atoms. The number of ether oxygens (including phenoxy) is 4. The molecule has 0 fully saturated rings. The first-order chi connectivity index (χ1) is 13.6. The number of hydrogen-bond acceptors (Lipinski definition) is 10. The number of hydrogen-bond donors (Lipinski definition) is 0. The van der Waals surface area contributed by atoms with Gasteiger partial charge in [-0.15, -0.1) is 21.5 Å². The maximum Gasteiger partial charge on any atom is 0.331 e. The zero-order chi connectivity index (χ0) is 19.9. The van der Waals surface area contributed by atoms with E-state index < -0.39 is 5.97 Å². The smallest absolute Gasteiger partial charge is 0.331 e. The largest absolute Gasteiger partial charge is 0.493 e. The Kier molecular flexibility index (Phi) is 6.22. The van der Waals surface area contributed by atoms with E-state index in [1.165, 1.54) is 38.7 Å². The van der Waals surface area contributed by atoms with E-state index in [9.17, 15) is 4.79 Å². The van der Waals surface area contributed by atoms with Crippen LogP contribution in [0.15, 0.2) is 34.2 Å². The summed E-state index contributed by atoms with van der Waals surface area (Å²) in [6.45, 7) is -0.154. The molecule has 9 nitrogen and oxygen atoms in total. The summed E-state index contributed by atoms with van der Waals surface area (Å²) in [6, 6.07) is 3.36.